The maximum absolute atomic E-state index is 8.72. The van der Waals surface area contributed by atoms with Crippen LogP contribution in [0.3, 0.4) is 0 Å². The van der Waals surface area contributed by atoms with Crippen LogP contribution in [-0.4, -0.2) is 24.8 Å². The molecule has 0 saturated heterocycles. The van der Waals surface area contributed by atoms with Crippen molar-refractivity contribution in [3.05, 3.63) is 0 Å². The molecule has 2 N–H and O–H groups in total. The summed E-state index contributed by atoms with van der Waals surface area (Å²) < 4.78 is 0. The van der Waals surface area contributed by atoms with Gasteiger partial charge in [0.05, 0.1) is 0 Å². The number of aliphatic hydroxyl groups excluding tert-OH is 1. The van der Waals surface area contributed by atoms with Gasteiger partial charge in [-0.05, 0) is 25.9 Å². The fourth-order valence-electron chi connectivity index (χ4n) is 3.37. The topological polar surface area (TPSA) is 32.3 Å². The highest BCUT2D eigenvalue weighted by molar-refractivity contribution is 4.51. The fraction of sp³-hybridized carbons (Fsp3) is 1.00. The Bertz CT molecular complexity index is 186. The monoisotopic (exact) mass is 341 g/mol. The van der Waals surface area contributed by atoms with Crippen molar-refractivity contribution in [2.45, 2.75) is 122 Å². The first-order chi connectivity index (χ1) is 11.9. The van der Waals surface area contributed by atoms with Gasteiger partial charge in [0.15, 0.2) is 0 Å². The third kappa shape index (κ3) is 21.9. The summed E-state index contributed by atoms with van der Waals surface area (Å²) in [6, 6.07) is 0. The fourth-order valence-corrected chi connectivity index (χ4v) is 3.37. The summed E-state index contributed by atoms with van der Waals surface area (Å²) in [5.41, 5.74) is 0. The van der Waals surface area contributed by atoms with Crippen molar-refractivity contribution in [3.63, 3.8) is 0 Å². The second-order valence-corrected chi connectivity index (χ2v) is 7.44. The van der Waals surface area contributed by atoms with Crippen molar-refractivity contribution in [3.8, 4) is 0 Å². The van der Waals surface area contributed by atoms with Gasteiger partial charge in [0, 0.05) is 6.61 Å². The average molecular weight is 342 g/mol. The van der Waals surface area contributed by atoms with Crippen molar-refractivity contribution < 1.29 is 5.11 Å². The molecule has 0 aromatic carbocycles. The summed E-state index contributed by atoms with van der Waals surface area (Å²) >= 11 is 0. The molecule has 0 rings (SSSR count). The van der Waals surface area contributed by atoms with E-state index in [9.17, 15) is 0 Å². The lowest BCUT2D eigenvalue weighted by Crippen LogP contribution is -2.13. The zero-order valence-electron chi connectivity index (χ0n) is 16.8. The van der Waals surface area contributed by atoms with E-state index in [4.69, 9.17) is 5.11 Å². The van der Waals surface area contributed by atoms with Crippen LogP contribution in [0.5, 0.6) is 0 Å². The highest BCUT2D eigenvalue weighted by Gasteiger charge is 1.95. The van der Waals surface area contributed by atoms with E-state index in [1.54, 1.807) is 0 Å². The van der Waals surface area contributed by atoms with Gasteiger partial charge < -0.3 is 10.4 Å². The number of hydrogen-bond donors (Lipinski definition) is 2. The largest absolute Gasteiger partial charge is 0.396 e. The van der Waals surface area contributed by atoms with Gasteiger partial charge in [0.25, 0.3) is 0 Å². The summed E-state index contributed by atoms with van der Waals surface area (Å²) in [6.07, 6.45) is 25.0. The molecule has 0 aliphatic rings. The van der Waals surface area contributed by atoms with Crippen LogP contribution < -0.4 is 5.32 Å². The minimum Gasteiger partial charge on any atom is -0.396 e. The molecular weight excluding hydrogens is 294 g/mol. The molecule has 0 aliphatic heterocycles. The molecule has 0 aromatic rings. The molecule has 0 amide bonds. The number of aliphatic hydroxyl groups is 1. The minimum absolute atomic E-state index is 0.372. The standard InChI is InChI=1S/C22H47NO/c1-2-23-21-19-17-15-13-11-9-7-5-3-4-6-8-10-12-14-16-18-20-22-24/h23-24H,2-22H2,1H3. The SMILES string of the molecule is CCNCCCCCCCCCCCCCCCCCCCCO. The van der Waals surface area contributed by atoms with E-state index in [-0.39, 0.29) is 0 Å². The Hall–Kier alpha value is -0.0800. The lowest BCUT2D eigenvalue weighted by atomic mass is 10.0. The Balaban J connectivity index is 2.93. The van der Waals surface area contributed by atoms with Crippen LogP contribution >= 0.6 is 0 Å². The quantitative estimate of drug-likeness (QED) is 0.230. The van der Waals surface area contributed by atoms with Gasteiger partial charge in [-0.2, -0.15) is 0 Å². The summed E-state index contributed by atoms with van der Waals surface area (Å²) in [7, 11) is 0. The van der Waals surface area contributed by atoms with Crippen LogP contribution in [0.1, 0.15) is 122 Å². The highest BCUT2D eigenvalue weighted by Crippen LogP contribution is 2.14. The molecule has 2 heteroatoms. The van der Waals surface area contributed by atoms with E-state index < -0.39 is 0 Å². The molecule has 0 aliphatic carbocycles. The molecular formula is C22H47NO. The Morgan fingerprint density at radius 2 is 0.750 bits per heavy atom. The van der Waals surface area contributed by atoms with E-state index in [1.807, 2.05) is 0 Å². The van der Waals surface area contributed by atoms with Gasteiger partial charge in [-0.1, -0.05) is 110 Å². The Labute approximate surface area is 153 Å². The molecule has 24 heavy (non-hydrogen) atoms. The second kappa shape index (κ2) is 22.9. The molecule has 0 fully saturated rings. The number of unbranched alkanes of at least 4 members (excludes halogenated alkanes) is 17. The molecule has 0 bridgehead atoms. The first-order valence-electron chi connectivity index (χ1n) is 11.2. The molecule has 0 aromatic heterocycles. The Morgan fingerprint density at radius 3 is 1.04 bits per heavy atom. The summed E-state index contributed by atoms with van der Waals surface area (Å²) in [5.74, 6) is 0. The second-order valence-electron chi connectivity index (χ2n) is 7.44. The molecule has 0 unspecified atom stereocenters. The van der Waals surface area contributed by atoms with Gasteiger partial charge in [0.2, 0.25) is 0 Å². The summed E-state index contributed by atoms with van der Waals surface area (Å²) in [4.78, 5) is 0. The molecule has 2 nitrogen and oxygen atoms in total. The number of rotatable bonds is 21. The van der Waals surface area contributed by atoms with Gasteiger partial charge in [-0.25, -0.2) is 0 Å². The van der Waals surface area contributed by atoms with E-state index in [0.717, 1.165) is 13.0 Å². The first-order valence-corrected chi connectivity index (χ1v) is 11.2. The zero-order valence-corrected chi connectivity index (χ0v) is 16.8. The van der Waals surface area contributed by atoms with Crippen LogP contribution in [0.2, 0.25) is 0 Å². The molecule has 0 spiro atoms. The van der Waals surface area contributed by atoms with Crippen molar-refractivity contribution in [2.75, 3.05) is 19.7 Å². The summed E-state index contributed by atoms with van der Waals surface area (Å²) in [6.45, 7) is 4.88. The average Bonchev–Trinajstić information content (AvgIpc) is 2.60. The van der Waals surface area contributed by atoms with Crippen molar-refractivity contribution >= 4 is 0 Å². The molecule has 0 atom stereocenters. The van der Waals surface area contributed by atoms with Crippen LogP contribution in [0.4, 0.5) is 0 Å². The van der Waals surface area contributed by atoms with Crippen LogP contribution in [0.25, 0.3) is 0 Å². The molecule has 0 saturated carbocycles. The third-order valence-electron chi connectivity index (χ3n) is 5.01. The van der Waals surface area contributed by atoms with Crippen molar-refractivity contribution in [2.24, 2.45) is 0 Å². The minimum atomic E-state index is 0.372. The zero-order chi connectivity index (χ0) is 17.6. The van der Waals surface area contributed by atoms with Crippen molar-refractivity contribution in [1.82, 2.24) is 5.32 Å². The molecule has 0 heterocycles. The predicted molar refractivity (Wildman–Crippen MR) is 109 cm³/mol. The number of nitrogens with one attached hydrogen (secondary N) is 1. The lowest BCUT2D eigenvalue weighted by molar-refractivity contribution is 0.282. The van der Waals surface area contributed by atoms with Crippen LogP contribution in [0, 0.1) is 0 Å². The Kier molecular flexibility index (Phi) is 22.8. The molecule has 146 valence electrons. The van der Waals surface area contributed by atoms with Crippen molar-refractivity contribution in [1.29, 1.82) is 0 Å². The van der Waals surface area contributed by atoms with Gasteiger partial charge >= 0.3 is 0 Å². The van der Waals surface area contributed by atoms with Gasteiger partial charge in [-0.3, -0.25) is 0 Å². The van der Waals surface area contributed by atoms with Gasteiger partial charge in [0.1, 0.15) is 0 Å². The van der Waals surface area contributed by atoms with E-state index >= 15 is 0 Å². The Morgan fingerprint density at radius 1 is 0.458 bits per heavy atom. The normalized spacial score (nSPS) is 11.2. The maximum Gasteiger partial charge on any atom is 0.0431 e. The number of hydrogen-bond acceptors (Lipinski definition) is 2. The lowest BCUT2D eigenvalue weighted by Gasteiger charge is -2.04. The van der Waals surface area contributed by atoms with Crippen LogP contribution in [0.15, 0.2) is 0 Å². The van der Waals surface area contributed by atoms with E-state index in [2.05, 4.69) is 12.2 Å². The highest BCUT2D eigenvalue weighted by atomic mass is 16.2. The van der Waals surface area contributed by atoms with E-state index in [0.29, 0.717) is 6.61 Å². The van der Waals surface area contributed by atoms with E-state index in [1.165, 1.54) is 116 Å². The third-order valence-corrected chi connectivity index (χ3v) is 5.01. The smallest absolute Gasteiger partial charge is 0.0431 e. The van der Waals surface area contributed by atoms with Crippen LogP contribution in [-0.2, 0) is 0 Å². The summed E-state index contributed by atoms with van der Waals surface area (Å²) in [5, 5.41) is 12.1. The maximum atomic E-state index is 8.72. The first kappa shape index (κ1) is 23.9. The molecule has 0 radical (unpaired) electrons. The predicted octanol–water partition coefficient (Wildman–Crippen LogP) is 6.61. The van der Waals surface area contributed by atoms with Gasteiger partial charge in [-0.15, -0.1) is 0 Å².